The lowest BCUT2D eigenvalue weighted by molar-refractivity contribution is -0.136. The number of carbonyl (C=O) groups is 1. The summed E-state index contributed by atoms with van der Waals surface area (Å²) in [6.45, 7) is 3.24. The van der Waals surface area contributed by atoms with Crippen molar-refractivity contribution in [1.29, 1.82) is 0 Å². The average molecular weight is 266 g/mol. The minimum Gasteiger partial charge on any atom is -0.378 e. The lowest BCUT2D eigenvalue weighted by Crippen LogP contribution is -2.42. The fraction of sp³-hybridized carbons (Fsp3) is 0.933. The Labute approximate surface area is 115 Å². The van der Waals surface area contributed by atoms with Gasteiger partial charge in [-0.1, -0.05) is 6.42 Å². The van der Waals surface area contributed by atoms with Crippen molar-refractivity contribution in [2.24, 2.45) is 23.5 Å². The van der Waals surface area contributed by atoms with Gasteiger partial charge in [0.25, 0.3) is 0 Å². The summed E-state index contributed by atoms with van der Waals surface area (Å²) >= 11 is 0. The molecule has 0 aromatic heterocycles. The number of hydrogen-bond acceptors (Lipinski definition) is 3. The van der Waals surface area contributed by atoms with Gasteiger partial charge in [0.05, 0.1) is 6.10 Å². The van der Waals surface area contributed by atoms with Gasteiger partial charge in [0.1, 0.15) is 0 Å². The Morgan fingerprint density at radius 3 is 2.47 bits per heavy atom. The highest BCUT2D eigenvalue weighted by atomic mass is 16.5. The first kappa shape index (κ1) is 13.4. The second-order valence-electron chi connectivity index (χ2n) is 6.32. The Morgan fingerprint density at radius 2 is 1.84 bits per heavy atom. The minimum atomic E-state index is 0.342. The number of carbonyl (C=O) groups excluding carboxylic acids is 1. The first-order valence-electron chi connectivity index (χ1n) is 7.91. The molecule has 19 heavy (non-hydrogen) atoms. The fourth-order valence-corrected chi connectivity index (χ4v) is 3.97. The summed E-state index contributed by atoms with van der Waals surface area (Å²) in [4.78, 5) is 14.5. The molecular formula is C15H26N2O2. The summed E-state index contributed by atoms with van der Waals surface area (Å²) in [5.74, 6) is 2.32. The number of nitrogens with zero attached hydrogens (tertiary/aromatic N) is 1. The van der Waals surface area contributed by atoms with E-state index in [1.54, 1.807) is 0 Å². The number of nitrogens with two attached hydrogens (primary N) is 1. The van der Waals surface area contributed by atoms with Gasteiger partial charge in [-0.2, -0.15) is 0 Å². The van der Waals surface area contributed by atoms with E-state index in [9.17, 15) is 4.79 Å². The van der Waals surface area contributed by atoms with E-state index in [4.69, 9.17) is 10.5 Å². The third-order valence-electron chi connectivity index (χ3n) is 5.15. The molecule has 108 valence electrons. The molecule has 2 aliphatic carbocycles. The molecule has 2 N–H and O–H groups in total. The number of hydrogen-bond donors (Lipinski definition) is 1. The van der Waals surface area contributed by atoms with Gasteiger partial charge >= 0.3 is 0 Å². The molecule has 2 atom stereocenters. The molecule has 0 bridgehead atoms. The molecule has 0 radical (unpaired) electrons. The molecule has 3 aliphatic rings. The first-order valence-corrected chi connectivity index (χ1v) is 7.91. The Hall–Kier alpha value is -0.610. The van der Waals surface area contributed by atoms with Crippen LogP contribution in [0.4, 0.5) is 0 Å². The van der Waals surface area contributed by atoms with Crippen LogP contribution < -0.4 is 5.73 Å². The van der Waals surface area contributed by atoms with Crippen LogP contribution in [0.5, 0.6) is 0 Å². The molecule has 1 amide bonds. The van der Waals surface area contributed by atoms with Crippen molar-refractivity contribution in [2.45, 2.75) is 44.6 Å². The second kappa shape index (κ2) is 5.80. The zero-order valence-electron chi connectivity index (χ0n) is 11.7. The van der Waals surface area contributed by atoms with Crippen molar-refractivity contribution in [3.8, 4) is 0 Å². The maximum Gasteiger partial charge on any atom is 0.226 e. The van der Waals surface area contributed by atoms with Crippen LogP contribution in [-0.2, 0) is 9.53 Å². The van der Waals surface area contributed by atoms with Crippen LogP contribution in [0, 0.1) is 17.8 Å². The van der Waals surface area contributed by atoms with Crippen molar-refractivity contribution in [1.82, 2.24) is 4.90 Å². The zero-order chi connectivity index (χ0) is 13.2. The molecule has 1 heterocycles. The van der Waals surface area contributed by atoms with Gasteiger partial charge in [-0.25, -0.2) is 0 Å². The highest BCUT2D eigenvalue weighted by Gasteiger charge is 2.57. The molecule has 4 nitrogen and oxygen atoms in total. The molecule has 0 unspecified atom stereocenters. The Bertz CT molecular complexity index is 316. The lowest BCUT2D eigenvalue weighted by Gasteiger charge is -2.32. The molecular weight excluding hydrogens is 240 g/mol. The first-order chi connectivity index (χ1) is 9.31. The van der Waals surface area contributed by atoms with Crippen LogP contribution in [0.15, 0.2) is 0 Å². The van der Waals surface area contributed by atoms with Crippen molar-refractivity contribution < 1.29 is 9.53 Å². The Morgan fingerprint density at radius 1 is 1.16 bits per heavy atom. The van der Waals surface area contributed by atoms with Gasteiger partial charge in [-0.05, 0) is 50.5 Å². The standard InChI is InChI=1S/C15H26N2O2/c16-7-2-10-19-11-5-8-17(9-6-11)15(18)14-12-3-1-4-13(12)14/h11-14H,1-10,16H2/t12-,13-/m0/s1. The lowest BCUT2D eigenvalue weighted by atomic mass is 10.1. The van der Waals surface area contributed by atoms with E-state index >= 15 is 0 Å². The summed E-state index contributed by atoms with van der Waals surface area (Å²) in [5, 5.41) is 0. The molecule has 4 heteroatoms. The van der Waals surface area contributed by atoms with Gasteiger partial charge < -0.3 is 15.4 Å². The molecule has 2 saturated carbocycles. The number of fused-ring (bicyclic) bond motifs is 1. The van der Waals surface area contributed by atoms with E-state index in [-0.39, 0.29) is 0 Å². The monoisotopic (exact) mass is 266 g/mol. The molecule has 1 aliphatic heterocycles. The van der Waals surface area contributed by atoms with Gasteiger partial charge in [-0.3, -0.25) is 4.79 Å². The van der Waals surface area contributed by atoms with E-state index in [0.29, 0.717) is 24.5 Å². The number of ether oxygens (including phenoxy) is 1. The van der Waals surface area contributed by atoms with Crippen LogP contribution >= 0.6 is 0 Å². The van der Waals surface area contributed by atoms with Gasteiger partial charge in [-0.15, -0.1) is 0 Å². The summed E-state index contributed by atoms with van der Waals surface area (Å²) < 4.78 is 5.78. The van der Waals surface area contributed by atoms with Crippen LogP contribution in [0.2, 0.25) is 0 Å². The maximum absolute atomic E-state index is 12.4. The van der Waals surface area contributed by atoms with Gasteiger partial charge in [0.15, 0.2) is 0 Å². The van der Waals surface area contributed by atoms with E-state index in [1.165, 1.54) is 19.3 Å². The van der Waals surface area contributed by atoms with Crippen molar-refractivity contribution in [2.75, 3.05) is 26.2 Å². The van der Waals surface area contributed by atoms with Crippen molar-refractivity contribution in [3.05, 3.63) is 0 Å². The molecule has 0 aromatic rings. The molecule has 3 rings (SSSR count). The highest BCUT2D eigenvalue weighted by molar-refractivity contribution is 5.82. The largest absolute Gasteiger partial charge is 0.378 e. The summed E-state index contributed by atoms with van der Waals surface area (Å²) in [5.41, 5.74) is 5.46. The normalized spacial score (nSPS) is 34.4. The number of likely N-dealkylation sites (tertiary alicyclic amines) is 1. The average Bonchev–Trinajstić information content (AvgIpc) is 2.91. The van der Waals surface area contributed by atoms with Crippen LogP contribution in [0.25, 0.3) is 0 Å². The van der Waals surface area contributed by atoms with Crippen molar-refractivity contribution >= 4 is 5.91 Å². The second-order valence-corrected chi connectivity index (χ2v) is 6.32. The number of piperidine rings is 1. The predicted octanol–water partition coefficient (Wildman–Crippen LogP) is 1.39. The minimum absolute atomic E-state index is 0.342. The van der Waals surface area contributed by atoms with Crippen LogP contribution in [0.1, 0.15) is 38.5 Å². The topological polar surface area (TPSA) is 55.6 Å². The summed E-state index contributed by atoms with van der Waals surface area (Å²) in [6.07, 6.45) is 7.20. The zero-order valence-corrected chi connectivity index (χ0v) is 11.7. The number of amides is 1. The third-order valence-corrected chi connectivity index (χ3v) is 5.15. The Kier molecular flexibility index (Phi) is 4.08. The van der Waals surface area contributed by atoms with Crippen LogP contribution in [-0.4, -0.2) is 43.2 Å². The summed E-state index contributed by atoms with van der Waals surface area (Å²) in [6, 6.07) is 0. The van der Waals surface area contributed by atoms with E-state index < -0.39 is 0 Å². The van der Waals surface area contributed by atoms with Gasteiger partial charge in [0.2, 0.25) is 5.91 Å². The van der Waals surface area contributed by atoms with E-state index in [1.807, 2.05) is 0 Å². The van der Waals surface area contributed by atoms with Gasteiger partial charge in [0, 0.05) is 25.6 Å². The highest BCUT2D eigenvalue weighted by Crippen LogP contribution is 2.58. The fourth-order valence-electron chi connectivity index (χ4n) is 3.97. The van der Waals surface area contributed by atoms with Crippen molar-refractivity contribution in [3.63, 3.8) is 0 Å². The smallest absolute Gasteiger partial charge is 0.226 e. The maximum atomic E-state index is 12.4. The number of rotatable bonds is 5. The Balaban J connectivity index is 1.39. The SMILES string of the molecule is NCCCOC1CCN(C(=O)C2[C@H]3CCC[C@H]23)CC1. The molecule has 1 saturated heterocycles. The van der Waals surface area contributed by atoms with Crippen LogP contribution in [0.3, 0.4) is 0 Å². The van der Waals surface area contributed by atoms with E-state index in [2.05, 4.69) is 4.90 Å². The summed E-state index contributed by atoms with van der Waals surface area (Å²) in [7, 11) is 0. The third kappa shape index (κ3) is 2.79. The molecule has 0 spiro atoms. The molecule has 0 aromatic carbocycles. The molecule has 3 fully saturated rings. The quantitative estimate of drug-likeness (QED) is 0.765. The van der Waals surface area contributed by atoms with E-state index in [0.717, 1.165) is 50.8 Å². The predicted molar refractivity (Wildman–Crippen MR) is 73.5 cm³/mol.